The first kappa shape index (κ1) is 17.8. The van der Waals surface area contributed by atoms with Gasteiger partial charge in [-0.3, -0.25) is 9.59 Å². The number of carbonyl (C=O) groups excluding carboxylic acids is 2. The summed E-state index contributed by atoms with van der Waals surface area (Å²) in [5.41, 5.74) is 2.13. The summed E-state index contributed by atoms with van der Waals surface area (Å²) in [5, 5.41) is 9.06. The Hall–Kier alpha value is -3.02. The van der Waals surface area contributed by atoms with Crippen LogP contribution in [0.3, 0.4) is 0 Å². The maximum absolute atomic E-state index is 12.8. The molecule has 2 amide bonds. The van der Waals surface area contributed by atoms with Gasteiger partial charge >= 0.3 is 0 Å². The van der Waals surface area contributed by atoms with Gasteiger partial charge < -0.3 is 20.7 Å². The number of hydrogen-bond acceptors (Lipinski definition) is 4. The summed E-state index contributed by atoms with van der Waals surface area (Å²) < 4.78 is 5.41. The summed E-state index contributed by atoms with van der Waals surface area (Å²) in [4.78, 5) is 24.1. The third-order valence-electron chi connectivity index (χ3n) is 4.14. The summed E-state index contributed by atoms with van der Waals surface area (Å²) in [7, 11) is 1.57. The van der Waals surface area contributed by atoms with Crippen molar-refractivity contribution in [3.63, 3.8) is 0 Å². The Bertz CT molecular complexity index is 788. The van der Waals surface area contributed by atoms with Crippen LogP contribution in [0.4, 0.5) is 11.4 Å². The van der Waals surface area contributed by atoms with E-state index < -0.39 is 6.04 Å². The lowest BCUT2D eigenvalue weighted by Crippen LogP contribution is -2.34. The van der Waals surface area contributed by atoms with Crippen molar-refractivity contribution in [2.24, 2.45) is 0 Å². The summed E-state index contributed by atoms with van der Waals surface area (Å²) in [6.07, 6.45) is 2.04. The highest BCUT2D eigenvalue weighted by Gasteiger charge is 2.29. The van der Waals surface area contributed by atoms with Crippen LogP contribution in [0.1, 0.15) is 31.4 Å². The smallest absolute Gasteiger partial charge is 0.247 e. The maximum Gasteiger partial charge on any atom is 0.247 e. The van der Waals surface area contributed by atoms with Crippen molar-refractivity contribution in [3.05, 3.63) is 54.1 Å². The lowest BCUT2D eigenvalue weighted by molar-refractivity contribution is -0.122. The minimum Gasteiger partial charge on any atom is -0.495 e. The van der Waals surface area contributed by atoms with Gasteiger partial charge in [0, 0.05) is 18.7 Å². The van der Waals surface area contributed by atoms with E-state index in [1.54, 1.807) is 25.3 Å². The average Bonchev–Trinajstić information content (AvgIpc) is 3.44. The van der Waals surface area contributed by atoms with E-state index in [4.69, 9.17) is 4.74 Å². The van der Waals surface area contributed by atoms with Crippen molar-refractivity contribution in [2.45, 2.75) is 31.8 Å². The van der Waals surface area contributed by atoms with Crippen molar-refractivity contribution in [3.8, 4) is 5.75 Å². The minimum atomic E-state index is -0.557. The van der Waals surface area contributed by atoms with Crippen LogP contribution in [-0.2, 0) is 9.59 Å². The van der Waals surface area contributed by atoms with E-state index in [9.17, 15) is 9.59 Å². The number of methoxy groups -OCH3 is 1. The van der Waals surface area contributed by atoms with Gasteiger partial charge in [0.2, 0.25) is 11.8 Å². The fourth-order valence-corrected chi connectivity index (χ4v) is 2.72. The molecule has 6 heteroatoms. The second-order valence-corrected chi connectivity index (χ2v) is 6.37. The lowest BCUT2D eigenvalue weighted by Gasteiger charge is -2.22. The molecule has 1 unspecified atom stereocenters. The van der Waals surface area contributed by atoms with Gasteiger partial charge in [0.1, 0.15) is 11.8 Å². The van der Waals surface area contributed by atoms with E-state index in [-0.39, 0.29) is 17.9 Å². The fourth-order valence-electron chi connectivity index (χ4n) is 2.72. The fraction of sp³-hybridized carbons (Fsp3) is 0.300. The Morgan fingerprint density at radius 2 is 1.85 bits per heavy atom. The summed E-state index contributed by atoms with van der Waals surface area (Å²) in [6, 6.07) is 14.5. The number of ether oxygens (including phenoxy) is 1. The minimum absolute atomic E-state index is 0.0781. The molecule has 0 aliphatic heterocycles. The summed E-state index contributed by atoms with van der Waals surface area (Å²) in [5.74, 6) is 0.358. The molecule has 3 N–H and O–H groups in total. The highest BCUT2D eigenvalue weighted by atomic mass is 16.5. The van der Waals surface area contributed by atoms with E-state index in [0.717, 1.165) is 18.4 Å². The standard InChI is InChI=1S/C20H23N3O3/c1-13(24)21-16-10-11-18(26-2)17(12-16)23-19(14-6-4-3-5-7-14)20(25)22-15-8-9-15/h3-7,10-12,15,19,23H,8-9H2,1-2H3,(H,21,24)(H,22,25). The first-order valence-corrected chi connectivity index (χ1v) is 8.64. The number of amides is 2. The van der Waals surface area contributed by atoms with Crippen molar-refractivity contribution in [1.82, 2.24) is 5.32 Å². The molecule has 0 aromatic heterocycles. The van der Waals surface area contributed by atoms with E-state index in [1.165, 1.54) is 6.92 Å². The highest BCUT2D eigenvalue weighted by Crippen LogP contribution is 2.32. The quantitative estimate of drug-likeness (QED) is 0.715. The Morgan fingerprint density at radius 1 is 1.12 bits per heavy atom. The second kappa shape index (κ2) is 7.91. The summed E-state index contributed by atoms with van der Waals surface area (Å²) >= 11 is 0. The average molecular weight is 353 g/mol. The predicted octanol–water partition coefficient (Wildman–Crippen LogP) is 3.09. The molecule has 1 aliphatic carbocycles. The molecule has 2 aromatic rings. The topological polar surface area (TPSA) is 79.5 Å². The van der Waals surface area contributed by atoms with Gasteiger partial charge in [-0.25, -0.2) is 0 Å². The Labute approximate surface area is 152 Å². The molecule has 1 aliphatic rings. The van der Waals surface area contributed by atoms with Crippen LogP contribution < -0.4 is 20.7 Å². The number of nitrogens with one attached hydrogen (secondary N) is 3. The van der Waals surface area contributed by atoms with Crippen LogP contribution in [0.2, 0.25) is 0 Å². The Balaban J connectivity index is 1.89. The molecule has 0 radical (unpaired) electrons. The van der Waals surface area contributed by atoms with Crippen molar-refractivity contribution in [2.75, 3.05) is 17.7 Å². The van der Waals surface area contributed by atoms with Crippen LogP contribution in [0, 0.1) is 0 Å². The van der Waals surface area contributed by atoms with Crippen LogP contribution in [0.15, 0.2) is 48.5 Å². The van der Waals surface area contributed by atoms with Crippen LogP contribution >= 0.6 is 0 Å². The number of benzene rings is 2. The van der Waals surface area contributed by atoms with Gasteiger partial charge in [-0.1, -0.05) is 30.3 Å². The predicted molar refractivity (Wildman–Crippen MR) is 101 cm³/mol. The number of rotatable bonds is 7. The maximum atomic E-state index is 12.8. The van der Waals surface area contributed by atoms with Gasteiger partial charge in [-0.05, 0) is 36.6 Å². The van der Waals surface area contributed by atoms with Crippen molar-refractivity contribution < 1.29 is 14.3 Å². The molecule has 0 spiro atoms. The molecule has 0 bridgehead atoms. The zero-order valence-corrected chi connectivity index (χ0v) is 14.9. The SMILES string of the molecule is COc1ccc(NC(C)=O)cc1NC(C(=O)NC1CC1)c1ccccc1. The number of anilines is 2. The Morgan fingerprint density at radius 3 is 2.46 bits per heavy atom. The lowest BCUT2D eigenvalue weighted by atomic mass is 10.1. The third-order valence-corrected chi connectivity index (χ3v) is 4.14. The molecule has 1 atom stereocenters. The normalized spacial score (nSPS) is 14.2. The summed E-state index contributed by atoms with van der Waals surface area (Å²) in [6.45, 7) is 1.45. The zero-order valence-electron chi connectivity index (χ0n) is 14.9. The number of hydrogen-bond donors (Lipinski definition) is 3. The molecular weight excluding hydrogens is 330 g/mol. The largest absolute Gasteiger partial charge is 0.495 e. The highest BCUT2D eigenvalue weighted by molar-refractivity contribution is 5.91. The van der Waals surface area contributed by atoms with Crippen LogP contribution in [0.25, 0.3) is 0 Å². The van der Waals surface area contributed by atoms with Crippen LogP contribution in [-0.4, -0.2) is 25.0 Å². The van der Waals surface area contributed by atoms with E-state index >= 15 is 0 Å². The first-order chi connectivity index (χ1) is 12.6. The van der Waals surface area contributed by atoms with Gasteiger partial charge in [0.15, 0.2) is 0 Å². The molecule has 0 heterocycles. The van der Waals surface area contributed by atoms with Gasteiger partial charge in [0.25, 0.3) is 0 Å². The molecule has 2 aromatic carbocycles. The van der Waals surface area contributed by atoms with Crippen molar-refractivity contribution in [1.29, 1.82) is 0 Å². The molecule has 3 rings (SSSR count). The first-order valence-electron chi connectivity index (χ1n) is 8.64. The monoisotopic (exact) mass is 353 g/mol. The molecule has 26 heavy (non-hydrogen) atoms. The van der Waals surface area contributed by atoms with Crippen LogP contribution in [0.5, 0.6) is 5.75 Å². The zero-order chi connectivity index (χ0) is 18.5. The Kier molecular flexibility index (Phi) is 5.41. The van der Waals surface area contributed by atoms with Gasteiger partial charge in [0.05, 0.1) is 12.8 Å². The van der Waals surface area contributed by atoms with Gasteiger partial charge in [-0.15, -0.1) is 0 Å². The van der Waals surface area contributed by atoms with E-state index in [2.05, 4.69) is 16.0 Å². The van der Waals surface area contributed by atoms with Crippen molar-refractivity contribution >= 4 is 23.2 Å². The molecular formula is C20H23N3O3. The van der Waals surface area contributed by atoms with Gasteiger partial charge in [-0.2, -0.15) is 0 Å². The molecule has 1 saturated carbocycles. The molecule has 6 nitrogen and oxygen atoms in total. The second-order valence-electron chi connectivity index (χ2n) is 6.37. The molecule has 1 fully saturated rings. The number of carbonyl (C=O) groups is 2. The molecule has 136 valence electrons. The molecule has 0 saturated heterocycles. The van der Waals surface area contributed by atoms with E-state index in [0.29, 0.717) is 17.1 Å². The van der Waals surface area contributed by atoms with E-state index in [1.807, 2.05) is 30.3 Å². The third kappa shape index (κ3) is 4.53.